The second kappa shape index (κ2) is 15.3. The Morgan fingerprint density at radius 2 is 1.45 bits per heavy atom. The Balaban J connectivity index is 3.23. The first-order chi connectivity index (χ1) is 9.70. The Kier molecular flexibility index (Phi) is 15.3. The van der Waals surface area contributed by atoms with Crippen LogP contribution in [0.2, 0.25) is 0 Å². The zero-order valence-electron chi connectivity index (χ0n) is 13.6. The molecule has 0 fully saturated rings. The second-order valence-electron chi connectivity index (χ2n) is 5.77. The fraction of sp³-hybridized carbons (Fsp3) is 0.941. The molecule has 0 heterocycles. The van der Waals surface area contributed by atoms with Crippen molar-refractivity contribution < 1.29 is 4.79 Å². The molecule has 0 aliphatic heterocycles. The van der Waals surface area contributed by atoms with Gasteiger partial charge < -0.3 is 5.32 Å². The quantitative estimate of drug-likeness (QED) is 0.322. The summed E-state index contributed by atoms with van der Waals surface area (Å²) in [5.41, 5.74) is 0. The summed E-state index contributed by atoms with van der Waals surface area (Å²) in [6.07, 6.45) is 14.7. The molecule has 0 radical (unpaired) electrons. The van der Waals surface area contributed by atoms with E-state index in [0.717, 1.165) is 25.8 Å². The summed E-state index contributed by atoms with van der Waals surface area (Å²) in [4.78, 5) is 12.1. The van der Waals surface area contributed by atoms with Gasteiger partial charge in [0, 0.05) is 17.8 Å². The van der Waals surface area contributed by atoms with Gasteiger partial charge in [-0.05, 0) is 12.8 Å². The minimum Gasteiger partial charge on any atom is -0.355 e. The van der Waals surface area contributed by atoms with Crippen molar-refractivity contribution in [1.29, 1.82) is 0 Å². The fourth-order valence-corrected chi connectivity index (χ4v) is 2.94. The van der Waals surface area contributed by atoms with Gasteiger partial charge in [0.05, 0.1) is 0 Å². The van der Waals surface area contributed by atoms with Crippen LogP contribution in [-0.2, 0) is 4.79 Å². The maximum Gasteiger partial charge on any atom is 0.220 e. The average Bonchev–Trinajstić information content (AvgIpc) is 2.43. The summed E-state index contributed by atoms with van der Waals surface area (Å²) in [7, 11) is 0. The lowest BCUT2D eigenvalue weighted by Crippen LogP contribution is -2.29. The van der Waals surface area contributed by atoms with E-state index in [1.807, 2.05) is 0 Å². The highest BCUT2D eigenvalue weighted by atomic mass is 79.9. The number of amides is 1. The summed E-state index contributed by atoms with van der Waals surface area (Å²) in [6.45, 7) is 5.19. The lowest BCUT2D eigenvalue weighted by Gasteiger charge is -2.09. The first-order valence-electron chi connectivity index (χ1n) is 8.61. The number of rotatable bonds is 14. The molecular weight excluding hydrogens is 314 g/mol. The van der Waals surface area contributed by atoms with Crippen molar-refractivity contribution >= 4 is 21.8 Å². The van der Waals surface area contributed by atoms with E-state index in [1.165, 1.54) is 51.4 Å². The third kappa shape index (κ3) is 14.4. The molecule has 0 aromatic heterocycles. The summed E-state index contributed by atoms with van der Waals surface area (Å²) in [6, 6.07) is 0. The van der Waals surface area contributed by atoms with E-state index in [2.05, 4.69) is 35.1 Å². The Bertz CT molecular complexity index is 221. The van der Waals surface area contributed by atoms with Crippen LogP contribution in [0.1, 0.15) is 90.9 Å². The second-order valence-corrected chi connectivity index (χ2v) is 7.06. The van der Waals surface area contributed by atoms with Crippen molar-refractivity contribution in [3.05, 3.63) is 0 Å². The largest absolute Gasteiger partial charge is 0.355 e. The maximum atomic E-state index is 11.6. The van der Waals surface area contributed by atoms with Crippen molar-refractivity contribution in [3.63, 3.8) is 0 Å². The minimum absolute atomic E-state index is 0.216. The first kappa shape index (κ1) is 19.9. The molecule has 0 bridgehead atoms. The van der Waals surface area contributed by atoms with E-state index in [9.17, 15) is 4.79 Å². The number of hydrogen-bond acceptors (Lipinski definition) is 1. The number of unbranched alkanes of at least 4 members (excludes halogenated alkanes) is 8. The van der Waals surface area contributed by atoms with Crippen molar-refractivity contribution in [1.82, 2.24) is 5.32 Å². The van der Waals surface area contributed by atoms with E-state index in [4.69, 9.17) is 0 Å². The SMILES string of the molecule is CCCCCCCCCCCC(=O)NCC(Br)CCC. The van der Waals surface area contributed by atoms with Gasteiger partial charge in [-0.15, -0.1) is 0 Å². The maximum absolute atomic E-state index is 11.6. The lowest BCUT2D eigenvalue weighted by atomic mass is 10.1. The third-order valence-electron chi connectivity index (χ3n) is 3.63. The number of nitrogens with one attached hydrogen (secondary N) is 1. The topological polar surface area (TPSA) is 29.1 Å². The Labute approximate surface area is 134 Å². The minimum atomic E-state index is 0.216. The molecule has 0 saturated carbocycles. The molecule has 2 nitrogen and oxygen atoms in total. The number of halogens is 1. The molecule has 3 heteroatoms. The highest BCUT2D eigenvalue weighted by molar-refractivity contribution is 9.09. The molecule has 0 spiro atoms. The van der Waals surface area contributed by atoms with E-state index >= 15 is 0 Å². The zero-order chi connectivity index (χ0) is 15.1. The number of carbonyl (C=O) groups is 1. The Morgan fingerprint density at radius 1 is 0.900 bits per heavy atom. The third-order valence-corrected chi connectivity index (χ3v) is 4.41. The summed E-state index contributed by atoms with van der Waals surface area (Å²) in [5.74, 6) is 0.216. The normalized spacial score (nSPS) is 12.3. The van der Waals surface area contributed by atoms with Crippen molar-refractivity contribution in [2.45, 2.75) is 95.7 Å². The van der Waals surface area contributed by atoms with E-state index in [-0.39, 0.29) is 5.91 Å². The standard InChI is InChI=1S/C17H34BrNO/c1-3-5-6-7-8-9-10-11-12-14-17(20)19-15-16(18)13-4-2/h16H,3-15H2,1-2H3,(H,19,20). The van der Waals surface area contributed by atoms with Crippen molar-refractivity contribution in [3.8, 4) is 0 Å². The van der Waals surface area contributed by atoms with Gasteiger partial charge in [0.2, 0.25) is 5.91 Å². The van der Waals surface area contributed by atoms with Crippen LogP contribution >= 0.6 is 15.9 Å². The molecule has 0 saturated heterocycles. The van der Waals surface area contributed by atoms with Gasteiger partial charge in [0.15, 0.2) is 0 Å². The molecule has 0 aromatic carbocycles. The molecule has 1 N–H and O–H groups in total. The molecule has 0 rings (SSSR count). The van der Waals surface area contributed by atoms with Crippen LogP contribution in [0.3, 0.4) is 0 Å². The number of alkyl halides is 1. The number of hydrogen-bond donors (Lipinski definition) is 1. The Hall–Kier alpha value is -0.0500. The van der Waals surface area contributed by atoms with E-state index < -0.39 is 0 Å². The van der Waals surface area contributed by atoms with Crippen LogP contribution in [0.4, 0.5) is 0 Å². The van der Waals surface area contributed by atoms with Crippen LogP contribution < -0.4 is 5.32 Å². The van der Waals surface area contributed by atoms with Gasteiger partial charge in [0.1, 0.15) is 0 Å². The molecule has 20 heavy (non-hydrogen) atoms. The van der Waals surface area contributed by atoms with Gasteiger partial charge in [0.25, 0.3) is 0 Å². The molecule has 1 amide bonds. The van der Waals surface area contributed by atoms with Crippen LogP contribution in [-0.4, -0.2) is 17.3 Å². The smallest absolute Gasteiger partial charge is 0.220 e. The molecule has 120 valence electrons. The fourth-order valence-electron chi connectivity index (χ4n) is 2.32. The molecular formula is C17H34BrNO. The summed E-state index contributed by atoms with van der Waals surface area (Å²) in [5, 5.41) is 3.01. The lowest BCUT2D eigenvalue weighted by molar-refractivity contribution is -0.121. The highest BCUT2D eigenvalue weighted by Crippen LogP contribution is 2.10. The average molecular weight is 348 g/mol. The molecule has 0 aromatic rings. The molecule has 0 aliphatic rings. The van der Waals surface area contributed by atoms with Crippen molar-refractivity contribution in [2.24, 2.45) is 0 Å². The van der Waals surface area contributed by atoms with E-state index in [1.54, 1.807) is 0 Å². The molecule has 0 aliphatic carbocycles. The predicted octanol–water partition coefficient (Wildman–Crippen LogP) is 5.59. The van der Waals surface area contributed by atoms with Crippen molar-refractivity contribution in [2.75, 3.05) is 6.54 Å². The molecule has 1 atom stereocenters. The van der Waals surface area contributed by atoms with Gasteiger partial charge in [-0.25, -0.2) is 0 Å². The van der Waals surface area contributed by atoms with Gasteiger partial charge in [-0.2, -0.15) is 0 Å². The summed E-state index contributed by atoms with van der Waals surface area (Å²) < 4.78 is 0. The van der Waals surface area contributed by atoms with Crippen LogP contribution in [0.25, 0.3) is 0 Å². The van der Waals surface area contributed by atoms with Crippen LogP contribution in [0, 0.1) is 0 Å². The van der Waals surface area contributed by atoms with Gasteiger partial charge in [-0.1, -0.05) is 87.6 Å². The highest BCUT2D eigenvalue weighted by Gasteiger charge is 2.05. The zero-order valence-corrected chi connectivity index (χ0v) is 15.1. The van der Waals surface area contributed by atoms with Gasteiger partial charge in [-0.3, -0.25) is 4.79 Å². The van der Waals surface area contributed by atoms with Crippen LogP contribution in [0.15, 0.2) is 0 Å². The molecule has 1 unspecified atom stereocenters. The first-order valence-corrected chi connectivity index (χ1v) is 9.53. The number of carbonyl (C=O) groups excluding carboxylic acids is 1. The Morgan fingerprint density at radius 3 is 2.00 bits per heavy atom. The monoisotopic (exact) mass is 347 g/mol. The predicted molar refractivity (Wildman–Crippen MR) is 92.5 cm³/mol. The van der Waals surface area contributed by atoms with Crippen LogP contribution in [0.5, 0.6) is 0 Å². The summed E-state index contributed by atoms with van der Waals surface area (Å²) >= 11 is 3.58. The van der Waals surface area contributed by atoms with Gasteiger partial charge >= 0.3 is 0 Å². The van der Waals surface area contributed by atoms with E-state index in [0.29, 0.717) is 11.2 Å².